The fraction of sp³-hybridized carbons (Fsp3) is 0. The molecule has 0 atom stereocenters. The summed E-state index contributed by atoms with van der Waals surface area (Å²) in [5, 5.41) is 14.1. The highest BCUT2D eigenvalue weighted by Gasteiger charge is 2.10. The van der Waals surface area contributed by atoms with E-state index in [2.05, 4.69) is 15.0 Å². The van der Waals surface area contributed by atoms with Gasteiger partial charge in [-0.25, -0.2) is 4.84 Å². The van der Waals surface area contributed by atoms with Crippen LogP contribution in [0.4, 0.5) is 0 Å². The van der Waals surface area contributed by atoms with Crippen LogP contribution >= 0.6 is 0 Å². The Morgan fingerprint density at radius 3 is 3.00 bits per heavy atom. The molecule has 0 amide bonds. The standard InChI is InChI=1S/C4H3N3O4/c8-4(11-7(9)10)3-1-2-5-6-3/h1-2H,(H,5,6). The maximum Gasteiger partial charge on any atom is 0.352 e. The summed E-state index contributed by atoms with van der Waals surface area (Å²) in [5.41, 5.74) is -0.0540. The van der Waals surface area contributed by atoms with Gasteiger partial charge in [0.15, 0.2) is 0 Å². The first kappa shape index (κ1) is 7.19. The number of carbonyl (C=O) groups is 1. The van der Waals surface area contributed by atoms with Gasteiger partial charge in [-0.15, -0.1) is 10.1 Å². The third-order valence-corrected chi connectivity index (χ3v) is 0.878. The molecule has 11 heavy (non-hydrogen) atoms. The van der Waals surface area contributed by atoms with Gasteiger partial charge in [-0.1, -0.05) is 0 Å². The molecule has 0 spiro atoms. The van der Waals surface area contributed by atoms with Crippen LogP contribution in [-0.2, 0) is 4.84 Å². The van der Waals surface area contributed by atoms with Gasteiger partial charge in [0.05, 0.1) is 0 Å². The highest BCUT2D eigenvalue weighted by atomic mass is 17.0. The first-order chi connectivity index (χ1) is 5.20. The van der Waals surface area contributed by atoms with Gasteiger partial charge in [-0.05, 0) is 6.07 Å². The lowest BCUT2D eigenvalue weighted by atomic mass is 10.5. The Bertz CT molecular complexity index is 267. The van der Waals surface area contributed by atoms with Crippen molar-refractivity contribution in [3.63, 3.8) is 0 Å². The van der Waals surface area contributed by atoms with E-state index in [1.54, 1.807) is 0 Å². The number of H-pyrrole nitrogens is 1. The van der Waals surface area contributed by atoms with Gasteiger partial charge in [-0.3, -0.25) is 9.89 Å². The van der Waals surface area contributed by atoms with Crippen LogP contribution in [0.25, 0.3) is 0 Å². The van der Waals surface area contributed by atoms with Gasteiger partial charge in [0.2, 0.25) is 0 Å². The molecule has 1 heterocycles. The van der Waals surface area contributed by atoms with E-state index in [1.807, 2.05) is 0 Å². The molecule has 1 aromatic rings. The third kappa shape index (κ3) is 1.75. The van der Waals surface area contributed by atoms with Crippen molar-refractivity contribution in [2.45, 2.75) is 0 Å². The van der Waals surface area contributed by atoms with Gasteiger partial charge in [-0.2, -0.15) is 5.10 Å². The summed E-state index contributed by atoms with van der Waals surface area (Å²) >= 11 is 0. The SMILES string of the molecule is O=C(O[N+](=O)[O-])c1ccn[nH]1. The monoisotopic (exact) mass is 157 g/mol. The minimum atomic E-state index is -1.18. The molecule has 0 aliphatic heterocycles. The van der Waals surface area contributed by atoms with E-state index in [-0.39, 0.29) is 5.69 Å². The summed E-state index contributed by atoms with van der Waals surface area (Å²) in [7, 11) is 0. The van der Waals surface area contributed by atoms with Crippen LogP contribution in [0.3, 0.4) is 0 Å². The van der Waals surface area contributed by atoms with Crippen LogP contribution in [-0.4, -0.2) is 21.3 Å². The zero-order valence-electron chi connectivity index (χ0n) is 5.18. The van der Waals surface area contributed by atoms with E-state index in [0.29, 0.717) is 0 Å². The zero-order valence-corrected chi connectivity index (χ0v) is 5.18. The number of hydrogen-bond acceptors (Lipinski definition) is 5. The number of hydrogen-bond donors (Lipinski definition) is 1. The van der Waals surface area contributed by atoms with Gasteiger partial charge in [0.1, 0.15) is 5.69 Å². The average molecular weight is 157 g/mol. The fourth-order valence-electron chi connectivity index (χ4n) is 0.486. The minimum absolute atomic E-state index is 0.0540. The largest absolute Gasteiger partial charge is 0.352 e. The second-order valence-electron chi connectivity index (χ2n) is 1.57. The van der Waals surface area contributed by atoms with Crippen LogP contribution < -0.4 is 0 Å². The predicted molar refractivity (Wildman–Crippen MR) is 31.0 cm³/mol. The van der Waals surface area contributed by atoms with Gasteiger partial charge < -0.3 is 0 Å². The Morgan fingerprint density at radius 2 is 2.55 bits per heavy atom. The van der Waals surface area contributed by atoms with E-state index in [0.717, 1.165) is 0 Å². The Balaban J connectivity index is 2.64. The summed E-state index contributed by atoms with van der Waals surface area (Å²) in [5.74, 6) is -1.06. The van der Waals surface area contributed by atoms with E-state index in [4.69, 9.17) is 0 Å². The van der Waals surface area contributed by atoms with E-state index >= 15 is 0 Å². The van der Waals surface area contributed by atoms with Crippen molar-refractivity contribution in [1.82, 2.24) is 10.2 Å². The quantitative estimate of drug-likeness (QED) is 0.471. The van der Waals surface area contributed by atoms with Crippen molar-refractivity contribution in [2.24, 2.45) is 0 Å². The number of aromatic amines is 1. The molecule has 1 aromatic heterocycles. The molecule has 1 N–H and O–H groups in total. The van der Waals surface area contributed by atoms with Crippen LogP contribution in [0.15, 0.2) is 12.3 Å². The minimum Gasteiger partial charge on any atom is -0.273 e. The number of nitrogens with one attached hydrogen (secondary N) is 1. The van der Waals surface area contributed by atoms with Crippen molar-refractivity contribution in [2.75, 3.05) is 0 Å². The molecule has 0 unspecified atom stereocenters. The van der Waals surface area contributed by atoms with E-state index in [1.165, 1.54) is 12.3 Å². The van der Waals surface area contributed by atoms with E-state index in [9.17, 15) is 14.9 Å². The summed E-state index contributed by atoms with van der Waals surface area (Å²) in [6.45, 7) is 0. The zero-order chi connectivity index (χ0) is 8.27. The number of nitrogens with zero attached hydrogens (tertiary/aromatic N) is 2. The molecule has 58 valence electrons. The molecule has 0 aliphatic rings. The number of carbonyl (C=O) groups excluding carboxylic acids is 1. The lowest BCUT2D eigenvalue weighted by Gasteiger charge is -1.90. The molecular weight excluding hydrogens is 154 g/mol. The molecule has 0 aliphatic carbocycles. The summed E-state index contributed by atoms with van der Waals surface area (Å²) in [6.07, 6.45) is 1.29. The first-order valence-electron chi connectivity index (χ1n) is 2.56. The molecule has 7 heteroatoms. The third-order valence-electron chi connectivity index (χ3n) is 0.878. The normalized spacial score (nSPS) is 9.09. The van der Waals surface area contributed by atoms with Crippen LogP contribution in [0.1, 0.15) is 10.5 Å². The van der Waals surface area contributed by atoms with Gasteiger partial charge >= 0.3 is 11.1 Å². The van der Waals surface area contributed by atoms with Crippen molar-refractivity contribution >= 4 is 5.97 Å². The smallest absolute Gasteiger partial charge is 0.273 e. The second kappa shape index (κ2) is 2.78. The molecule has 0 saturated heterocycles. The molecule has 1 rings (SSSR count). The first-order valence-corrected chi connectivity index (χ1v) is 2.56. The Morgan fingerprint density at radius 1 is 1.82 bits per heavy atom. The lowest BCUT2D eigenvalue weighted by molar-refractivity contribution is -0.727. The molecular formula is C4H3N3O4. The molecule has 0 aromatic carbocycles. The Hall–Kier alpha value is -1.92. The number of rotatable bonds is 2. The van der Waals surface area contributed by atoms with Crippen molar-refractivity contribution < 1.29 is 14.7 Å². The van der Waals surface area contributed by atoms with Crippen molar-refractivity contribution in [3.8, 4) is 0 Å². The van der Waals surface area contributed by atoms with Crippen LogP contribution in [0.5, 0.6) is 0 Å². The summed E-state index contributed by atoms with van der Waals surface area (Å²) in [4.78, 5) is 23.8. The summed E-state index contributed by atoms with van der Waals surface area (Å²) < 4.78 is 0. The Kier molecular flexibility index (Phi) is 1.81. The number of aromatic nitrogens is 2. The second-order valence-corrected chi connectivity index (χ2v) is 1.57. The van der Waals surface area contributed by atoms with Gasteiger partial charge in [0, 0.05) is 6.20 Å². The van der Waals surface area contributed by atoms with Gasteiger partial charge in [0.25, 0.3) is 0 Å². The molecule has 0 saturated carbocycles. The average Bonchev–Trinajstić information content (AvgIpc) is 2.35. The Labute approximate surface area is 60.1 Å². The maximum atomic E-state index is 10.6. The topological polar surface area (TPSA) is 98.1 Å². The highest BCUT2D eigenvalue weighted by Crippen LogP contribution is 1.94. The van der Waals surface area contributed by atoms with Crippen LogP contribution in [0.2, 0.25) is 0 Å². The molecule has 0 bridgehead atoms. The predicted octanol–water partition coefficient (Wildman–Crippen LogP) is -0.242. The molecule has 0 radical (unpaired) electrons. The molecule has 7 nitrogen and oxygen atoms in total. The summed E-state index contributed by atoms with van der Waals surface area (Å²) in [6, 6.07) is 1.27. The van der Waals surface area contributed by atoms with E-state index < -0.39 is 11.1 Å². The lowest BCUT2D eigenvalue weighted by Crippen LogP contribution is -2.10. The van der Waals surface area contributed by atoms with Crippen molar-refractivity contribution in [3.05, 3.63) is 28.1 Å². The fourth-order valence-corrected chi connectivity index (χ4v) is 0.486. The van der Waals surface area contributed by atoms with Crippen molar-refractivity contribution in [1.29, 1.82) is 0 Å². The van der Waals surface area contributed by atoms with Crippen LogP contribution in [0, 0.1) is 10.1 Å². The highest BCUT2D eigenvalue weighted by molar-refractivity contribution is 5.86. The molecule has 0 fully saturated rings. The maximum absolute atomic E-state index is 10.6.